The number of aromatic nitrogens is 1. The molecule has 0 bridgehead atoms. The summed E-state index contributed by atoms with van der Waals surface area (Å²) in [6.07, 6.45) is -2.10. The van der Waals surface area contributed by atoms with Crippen LogP contribution in [0.25, 0.3) is 0 Å². The number of hydrogen-bond acceptors (Lipinski definition) is 4. The minimum Gasteiger partial charge on any atom is -0.380 e. The van der Waals surface area contributed by atoms with Crippen LogP contribution in [0.2, 0.25) is 0 Å². The smallest absolute Gasteiger partial charge is 0.268 e. The summed E-state index contributed by atoms with van der Waals surface area (Å²) in [5.41, 5.74) is -0.206. The summed E-state index contributed by atoms with van der Waals surface area (Å²) >= 11 is 0. The van der Waals surface area contributed by atoms with Gasteiger partial charge in [-0.15, -0.1) is 0 Å². The molecule has 0 aromatic carbocycles. The molecule has 1 aromatic rings. The van der Waals surface area contributed by atoms with E-state index in [1.54, 1.807) is 6.92 Å². The summed E-state index contributed by atoms with van der Waals surface area (Å²) in [4.78, 5) is 11.5. The molecule has 0 radical (unpaired) electrons. The molecule has 1 rings (SSSR count). The van der Waals surface area contributed by atoms with Crippen LogP contribution in [-0.2, 0) is 21.3 Å². The maximum absolute atomic E-state index is 12.5. The summed E-state index contributed by atoms with van der Waals surface area (Å²) in [5, 5.41) is 7.40. The van der Waals surface area contributed by atoms with Gasteiger partial charge in [-0.25, -0.2) is 22.3 Å². The van der Waals surface area contributed by atoms with E-state index in [1.165, 1.54) is 7.11 Å². The SMILES string of the molecule is COC(C)CNC(=O)c1cc(S(N)(=O)=O)cn1CC(F)F. The number of nitrogens with zero attached hydrogens (tertiary/aromatic N) is 1. The van der Waals surface area contributed by atoms with Crippen molar-refractivity contribution >= 4 is 15.9 Å². The summed E-state index contributed by atoms with van der Waals surface area (Å²) < 4.78 is 53.3. The summed E-state index contributed by atoms with van der Waals surface area (Å²) in [6.45, 7) is 1.05. The summed E-state index contributed by atoms with van der Waals surface area (Å²) in [5.74, 6) is -0.686. The second-order valence-electron chi connectivity index (χ2n) is 4.41. The molecule has 1 atom stereocenters. The highest BCUT2D eigenvalue weighted by molar-refractivity contribution is 7.89. The second kappa shape index (κ2) is 6.96. The molecule has 0 saturated carbocycles. The number of alkyl halides is 2. The fraction of sp³-hybridized carbons (Fsp3) is 0.545. The number of primary sulfonamides is 1. The molecule has 0 spiro atoms. The number of sulfonamides is 1. The lowest BCUT2D eigenvalue weighted by molar-refractivity contribution is 0.0852. The van der Waals surface area contributed by atoms with Crippen LogP contribution in [0.5, 0.6) is 0 Å². The third kappa shape index (κ3) is 5.06. The van der Waals surface area contributed by atoms with Crippen LogP contribution in [0.1, 0.15) is 17.4 Å². The van der Waals surface area contributed by atoms with Crippen molar-refractivity contribution in [2.75, 3.05) is 13.7 Å². The van der Waals surface area contributed by atoms with E-state index >= 15 is 0 Å². The fourth-order valence-electron chi connectivity index (χ4n) is 1.54. The number of nitrogens with one attached hydrogen (secondary N) is 1. The molecule has 0 saturated heterocycles. The molecule has 0 aliphatic rings. The minimum absolute atomic E-state index is 0.153. The lowest BCUT2D eigenvalue weighted by atomic mass is 10.3. The molecular weight excluding hydrogens is 308 g/mol. The van der Waals surface area contributed by atoms with Crippen molar-refractivity contribution in [1.82, 2.24) is 9.88 Å². The molecule has 7 nitrogen and oxygen atoms in total. The molecule has 10 heteroatoms. The molecular formula is C11H17F2N3O4S. The fourth-order valence-corrected chi connectivity index (χ4v) is 2.09. The summed E-state index contributed by atoms with van der Waals surface area (Å²) in [6, 6.07) is 0.963. The van der Waals surface area contributed by atoms with Gasteiger partial charge in [-0.3, -0.25) is 4.79 Å². The molecule has 1 aromatic heterocycles. The van der Waals surface area contributed by atoms with Crippen LogP contribution >= 0.6 is 0 Å². The van der Waals surface area contributed by atoms with Gasteiger partial charge >= 0.3 is 0 Å². The lowest BCUT2D eigenvalue weighted by Crippen LogP contribution is -2.33. The molecule has 0 fully saturated rings. The third-order valence-electron chi connectivity index (χ3n) is 2.72. The predicted octanol–water partition coefficient (Wildman–Crippen LogP) is 0.165. The lowest BCUT2D eigenvalue weighted by Gasteiger charge is -2.12. The predicted molar refractivity (Wildman–Crippen MR) is 70.6 cm³/mol. The number of rotatable bonds is 7. The van der Waals surface area contributed by atoms with Gasteiger partial charge in [0.15, 0.2) is 0 Å². The van der Waals surface area contributed by atoms with Crippen molar-refractivity contribution in [3.05, 3.63) is 18.0 Å². The van der Waals surface area contributed by atoms with Gasteiger partial charge in [0.1, 0.15) is 10.6 Å². The van der Waals surface area contributed by atoms with E-state index in [-0.39, 0.29) is 18.3 Å². The van der Waals surface area contributed by atoms with E-state index in [2.05, 4.69) is 5.32 Å². The Morgan fingerprint density at radius 2 is 2.14 bits per heavy atom. The van der Waals surface area contributed by atoms with Crippen molar-refractivity contribution in [3.8, 4) is 0 Å². The number of ether oxygens (including phenoxy) is 1. The number of nitrogens with two attached hydrogens (primary N) is 1. The average Bonchev–Trinajstić information content (AvgIpc) is 2.78. The van der Waals surface area contributed by atoms with Crippen LogP contribution in [0.3, 0.4) is 0 Å². The molecule has 1 amide bonds. The van der Waals surface area contributed by atoms with Crippen molar-refractivity contribution < 1.29 is 26.7 Å². The highest BCUT2D eigenvalue weighted by Crippen LogP contribution is 2.15. The van der Waals surface area contributed by atoms with Gasteiger partial charge < -0.3 is 14.6 Å². The Balaban J connectivity index is 3.02. The molecule has 0 aliphatic heterocycles. The Bertz CT molecular complexity index is 601. The van der Waals surface area contributed by atoms with Gasteiger partial charge in [-0.05, 0) is 13.0 Å². The van der Waals surface area contributed by atoms with Crippen molar-refractivity contribution in [3.63, 3.8) is 0 Å². The molecule has 21 heavy (non-hydrogen) atoms. The highest BCUT2D eigenvalue weighted by Gasteiger charge is 2.21. The number of hydrogen-bond donors (Lipinski definition) is 2. The van der Waals surface area contributed by atoms with Crippen LogP contribution in [-0.4, -0.2) is 45.1 Å². The van der Waals surface area contributed by atoms with E-state index in [1.807, 2.05) is 0 Å². The zero-order valence-electron chi connectivity index (χ0n) is 11.5. The van der Waals surface area contributed by atoms with Crippen molar-refractivity contribution in [2.45, 2.75) is 30.9 Å². The number of methoxy groups -OCH3 is 1. The number of amides is 1. The molecule has 3 N–H and O–H groups in total. The van der Waals surface area contributed by atoms with Gasteiger partial charge in [0.2, 0.25) is 10.0 Å². The highest BCUT2D eigenvalue weighted by atomic mass is 32.2. The normalized spacial score (nSPS) is 13.4. The van der Waals surface area contributed by atoms with Gasteiger partial charge in [0.25, 0.3) is 12.3 Å². The quantitative estimate of drug-likeness (QED) is 0.745. The molecule has 0 aliphatic carbocycles. The first kappa shape index (κ1) is 17.5. The molecule has 1 unspecified atom stereocenters. The Hall–Kier alpha value is -1.52. The van der Waals surface area contributed by atoms with Gasteiger partial charge in [-0.2, -0.15) is 0 Å². The van der Waals surface area contributed by atoms with Crippen molar-refractivity contribution in [1.29, 1.82) is 0 Å². The van der Waals surface area contributed by atoms with E-state index in [0.29, 0.717) is 0 Å². The Kier molecular flexibility index (Phi) is 5.81. The van der Waals surface area contributed by atoms with Gasteiger partial charge in [0.05, 0.1) is 12.6 Å². The first-order chi connectivity index (χ1) is 9.65. The van der Waals surface area contributed by atoms with Crippen LogP contribution in [0.4, 0.5) is 8.78 Å². The molecule has 120 valence electrons. The van der Waals surface area contributed by atoms with E-state index < -0.39 is 33.8 Å². The van der Waals surface area contributed by atoms with Gasteiger partial charge in [-0.1, -0.05) is 0 Å². The number of carbonyl (C=O) groups excluding carboxylic acids is 1. The largest absolute Gasteiger partial charge is 0.380 e. The van der Waals surface area contributed by atoms with Crippen molar-refractivity contribution in [2.24, 2.45) is 5.14 Å². The van der Waals surface area contributed by atoms with E-state index in [4.69, 9.17) is 9.88 Å². The Morgan fingerprint density at radius 1 is 1.52 bits per heavy atom. The Labute approximate surface area is 121 Å². The molecule has 1 heterocycles. The van der Waals surface area contributed by atoms with Crippen LogP contribution in [0, 0.1) is 0 Å². The first-order valence-electron chi connectivity index (χ1n) is 5.97. The second-order valence-corrected chi connectivity index (χ2v) is 5.97. The average molecular weight is 325 g/mol. The zero-order valence-corrected chi connectivity index (χ0v) is 12.4. The number of halogens is 2. The zero-order chi connectivity index (χ0) is 16.2. The van der Waals surface area contributed by atoms with Crippen LogP contribution < -0.4 is 10.5 Å². The Morgan fingerprint density at radius 3 is 2.62 bits per heavy atom. The minimum atomic E-state index is -4.08. The summed E-state index contributed by atoms with van der Waals surface area (Å²) in [7, 11) is -2.63. The number of carbonyl (C=O) groups is 1. The first-order valence-corrected chi connectivity index (χ1v) is 7.52. The third-order valence-corrected chi connectivity index (χ3v) is 3.60. The van der Waals surface area contributed by atoms with E-state index in [9.17, 15) is 22.0 Å². The topological polar surface area (TPSA) is 103 Å². The van der Waals surface area contributed by atoms with Gasteiger partial charge in [0, 0.05) is 19.9 Å². The monoisotopic (exact) mass is 325 g/mol. The standard InChI is InChI=1S/C11H17F2N3O4S/c1-7(20-2)4-15-11(17)9-3-8(21(14,18)19)5-16(9)6-10(12)13/h3,5,7,10H,4,6H2,1-2H3,(H,15,17)(H2,14,18,19). The maximum atomic E-state index is 12.5. The maximum Gasteiger partial charge on any atom is 0.268 e. The van der Waals surface area contributed by atoms with E-state index in [0.717, 1.165) is 16.8 Å². The van der Waals surface area contributed by atoms with Crippen LogP contribution in [0.15, 0.2) is 17.2 Å².